The predicted molar refractivity (Wildman–Crippen MR) is 57.8 cm³/mol. The summed E-state index contributed by atoms with van der Waals surface area (Å²) in [6.07, 6.45) is 0.846. The predicted octanol–water partition coefficient (Wildman–Crippen LogP) is 2.75. The van der Waals surface area contributed by atoms with Gasteiger partial charge in [0.25, 0.3) is 0 Å². The summed E-state index contributed by atoms with van der Waals surface area (Å²) in [5.41, 5.74) is 2.25. The molecule has 0 spiro atoms. The number of thiazole rings is 1. The second-order valence-corrected chi connectivity index (χ2v) is 4.17. The molecule has 0 unspecified atom stereocenters. The number of hydrogen-bond donors (Lipinski definition) is 1. The van der Waals surface area contributed by atoms with Crippen LogP contribution in [0.4, 0.5) is 0 Å². The number of aryl methyl sites for hydroxylation is 1. The minimum absolute atomic E-state index is 0.309. The Bertz CT molecular complexity index is 419. The fourth-order valence-corrected chi connectivity index (χ4v) is 2.08. The van der Waals surface area contributed by atoms with Crippen LogP contribution in [0.5, 0.6) is 5.75 Å². The lowest BCUT2D eigenvalue weighted by atomic mass is 10.1. The Morgan fingerprint density at radius 3 is 2.57 bits per heavy atom. The Morgan fingerprint density at radius 2 is 2.00 bits per heavy atom. The molecular weight excluding hydrogens is 194 g/mol. The SMILES string of the molecule is Cc1csc(Cc2ccc(O)cc2)n1. The summed E-state index contributed by atoms with van der Waals surface area (Å²) in [5.74, 6) is 0.309. The lowest BCUT2D eigenvalue weighted by Gasteiger charge is -1.97. The molecule has 1 N–H and O–H groups in total. The maximum Gasteiger partial charge on any atom is 0.115 e. The van der Waals surface area contributed by atoms with Gasteiger partial charge in [0.15, 0.2) is 0 Å². The lowest BCUT2D eigenvalue weighted by Crippen LogP contribution is -1.86. The molecule has 2 nitrogen and oxygen atoms in total. The molecule has 0 amide bonds. The van der Waals surface area contributed by atoms with E-state index in [-0.39, 0.29) is 0 Å². The van der Waals surface area contributed by atoms with Gasteiger partial charge in [-0.3, -0.25) is 0 Å². The first kappa shape index (κ1) is 9.21. The summed E-state index contributed by atoms with van der Waals surface area (Å²) in [6.45, 7) is 2.00. The third-order valence-corrected chi connectivity index (χ3v) is 2.92. The third-order valence-electron chi connectivity index (χ3n) is 1.96. The molecule has 72 valence electrons. The van der Waals surface area contributed by atoms with Crippen molar-refractivity contribution in [1.82, 2.24) is 4.98 Å². The average Bonchev–Trinajstić information content (AvgIpc) is 2.56. The van der Waals surface area contributed by atoms with Gasteiger partial charge in [0.1, 0.15) is 5.75 Å². The molecule has 1 aromatic heterocycles. The van der Waals surface area contributed by atoms with E-state index >= 15 is 0 Å². The van der Waals surface area contributed by atoms with Gasteiger partial charge < -0.3 is 5.11 Å². The molecule has 0 radical (unpaired) electrons. The molecule has 0 fully saturated rings. The zero-order valence-electron chi connectivity index (χ0n) is 7.90. The zero-order chi connectivity index (χ0) is 9.97. The molecule has 0 atom stereocenters. The largest absolute Gasteiger partial charge is 0.508 e. The highest BCUT2D eigenvalue weighted by atomic mass is 32.1. The second-order valence-electron chi connectivity index (χ2n) is 3.23. The summed E-state index contributed by atoms with van der Waals surface area (Å²) in [7, 11) is 0. The van der Waals surface area contributed by atoms with E-state index in [2.05, 4.69) is 10.4 Å². The number of nitrogens with zero attached hydrogens (tertiary/aromatic N) is 1. The molecule has 2 rings (SSSR count). The summed E-state index contributed by atoms with van der Waals surface area (Å²) in [6, 6.07) is 7.25. The first-order valence-electron chi connectivity index (χ1n) is 4.43. The van der Waals surface area contributed by atoms with E-state index in [0.717, 1.165) is 17.1 Å². The number of rotatable bonds is 2. The first-order chi connectivity index (χ1) is 6.74. The van der Waals surface area contributed by atoms with E-state index in [0.29, 0.717) is 5.75 Å². The highest BCUT2D eigenvalue weighted by Crippen LogP contribution is 2.16. The molecular formula is C11H11NOS. The van der Waals surface area contributed by atoms with E-state index in [1.807, 2.05) is 19.1 Å². The van der Waals surface area contributed by atoms with Gasteiger partial charge in [0.2, 0.25) is 0 Å². The Morgan fingerprint density at radius 1 is 1.29 bits per heavy atom. The minimum atomic E-state index is 0.309. The number of hydrogen-bond acceptors (Lipinski definition) is 3. The van der Waals surface area contributed by atoms with Crippen LogP contribution in [0.15, 0.2) is 29.6 Å². The number of aromatic nitrogens is 1. The van der Waals surface area contributed by atoms with Crippen LogP contribution in [0.3, 0.4) is 0 Å². The van der Waals surface area contributed by atoms with Crippen molar-refractivity contribution in [2.45, 2.75) is 13.3 Å². The summed E-state index contributed by atoms with van der Waals surface area (Å²) >= 11 is 1.67. The normalized spacial score (nSPS) is 10.4. The van der Waals surface area contributed by atoms with Gasteiger partial charge in [-0.2, -0.15) is 0 Å². The van der Waals surface area contributed by atoms with Crippen molar-refractivity contribution >= 4 is 11.3 Å². The molecule has 0 saturated carbocycles. The van der Waals surface area contributed by atoms with Crippen molar-refractivity contribution in [2.24, 2.45) is 0 Å². The van der Waals surface area contributed by atoms with Crippen LogP contribution in [-0.2, 0) is 6.42 Å². The summed E-state index contributed by atoms with van der Waals surface area (Å²) in [4.78, 5) is 4.38. The maximum absolute atomic E-state index is 9.11. The van der Waals surface area contributed by atoms with Crippen LogP contribution in [0.1, 0.15) is 16.3 Å². The monoisotopic (exact) mass is 205 g/mol. The Hall–Kier alpha value is -1.35. The van der Waals surface area contributed by atoms with Crippen LogP contribution in [-0.4, -0.2) is 10.1 Å². The summed E-state index contributed by atoms with van der Waals surface area (Å²) in [5, 5.41) is 12.3. The minimum Gasteiger partial charge on any atom is -0.508 e. The smallest absolute Gasteiger partial charge is 0.115 e. The molecule has 3 heteroatoms. The highest BCUT2D eigenvalue weighted by molar-refractivity contribution is 7.09. The zero-order valence-corrected chi connectivity index (χ0v) is 8.71. The van der Waals surface area contributed by atoms with Crippen LogP contribution >= 0.6 is 11.3 Å². The standard InChI is InChI=1S/C11H11NOS/c1-8-7-14-11(12-8)6-9-2-4-10(13)5-3-9/h2-5,7,13H,6H2,1H3. The molecule has 0 aliphatic heterocycles. The van der Waals surface area contributed by atoms with E-state index in [4.69, 9.17) is 5.11 Å². The third kappa shape index (κ3) is 2.12. The van der Waals surface area contributed by atoms with Gasteiger partial charge in [0.05, 0.1) is 5.01 Å². The average molecular weight is 205 g/mol. The lowest BCUT2D eigenvalue weighted by molar-refractivity contribution is 0.475. The van der Waals surface area contributed by atoms with Crippen molar-refractivity contribution < 1.29 is 5.11 Å². The molecule has 0 aliphatic rings. The van der Waals surface area contributed by atoms with Gasteiger partial charge in [0, 0.05) is 17.5 Å². The fourth-order valence-electron chi connectivity index (χ4n) is 1.27. The van der Waals surface area contributed by atoms with Gasteiger partial charge in [-0.1, -0.05) is 12.1 Å². The molecule has 0 saturated heterocycles. The molecule has 14 heavy (non-hydrogen) atoms. The van der Waals surface area contributed by atoms with Crippen molar-refractivity contribution in [2.75, 3.05) is 0 Å². The van der Waals surface area contributed by atoms with Crippen LogP contribution in [0.25, 0.3) is 0 Å². The molecule has 1 heterocycles. The molecule has 0 aliphatic carbocycles. The number of phenolic OH excluding ortho intramolecular Hbond substituents is 1. The van der Waals surface area contributed by atoms with E-state index in [1.165, 1.54) is 5.56 Å². The van der Waals surface area contributed by atoms with Crippen LogP contribution in [0, 0.1) is 6.92 Å². The Balaban J connectivity index is 2.15. The summed E-state index contributed by atoms with van der Waals surface area (Å²) < 4.78 is 0. The van der Waals surface area contributed by atoms with Gasteiger partial charge in [-0.05, 0) is 24.6 Å². The maximum atomic E-state index is 9.11. The molecule has 1 aromatic carbocycles. The van der Waals surface area contributed by atoms with Crippen LogP contribution < -0.4 is 0 Å². The van der Waals surface area contributed by atoms with Gasteiger partial charge in [-0.15, -0.1) is 11.3 Å². The quantitative estimate of drug-likeness (QED) is 0.817. The number of aromatic hydroxyl groups is 1. The van der Waals surface area contributed by atoms with E-state index < -0.39 is 0 Å². The topological polar surface area (TPSA) is 33.1 Å². The highest BCUT2D eigenvalue weighted by Gasteiger charge is 2.00. The number of benzene rings is 1. The second kappa shape index (κ2) is 3.80. The Kier molecular flexibility index (Phi) is 2.50. The molecule has 0 bridgehead atoms. The fraction of sp³-hybridized carbons (Fsp3) is 0.182. The van der Waals surface area contributed by atoms with Gasteiger partial charge in [-0.25, -0.2) is 4.98 Å². The van der Waals surface area contributed by atoms with Gasteiger partial charge >= 0.3 is 0 Å². The van der Waals surface area contributed by atoms with Crippen molar-refractivity contribution in [1.29, 1.82) is 0 Å². The first-order valence-corrected chi connectivity index (χ1v) is 5.31. The van der Waals surface area contributed by atoms with E-state index in [9.17, 15) is 0 Å². The van der Waals surface area contributed by atoms with Crippen molar-refractivity contribution in [3.8, 4) is 5.75 Å². The van der Waals surface area contributed by atoms with Crippen molar-refractivity contribution in [3.63, 3.8) is 0 Å². The number of phenols is 1. The molecule has 2 aromatic rings. The van der Waals surface area contributed by atoms with Crippen molar-refractivity contribution in [3.05, 3.63) is 45.9 Å². The van der Waals surface area contributed by atoms with Crippen LogP contribution in [0.2, 0.25) is 0 Å². The van der Waals surface area contributed by atoms with E-state index in [1.54, 1.807) is 23.5 Å². The Labute approximate surface area is 86.9 Å².